The average molecular weight is 414 g/mol. The van der Waals surface area contributed by atoms with Crippen LogP contribution < -0.4 is 20.5 Å². The molecular formula is C20H23N5O3S. The van der Waals surface area contributed by atoms with Crippen molar-refractivity contribution in [3.63, 3.8) is 0 Å². The quantitative estimate of drug-likeness (QED) is 0.666. The number of carbonyl (C=O) groups excluding carboxylic acids is 1. The summed E-state index contributed by atoms with van der Waals surface area (Å²) in [5, 5.41) is 3.67. The van der Waals surface area contributed by atoms with Gasteiger partial charge >= 0.3 is 0 Å². The highest BCUT2D eigenvalue weighted by Crippen LogP contribution is 2.27. The molecule has 0 aliphatic carbocycles. The monoisotopic (exact) mass is 413 g/mol. The van der Waals surface area contributed by atoms with E-state index in [0.29, 0.717) is 16.9 Å². The number of piperidine rings is 1. The molecule has 1 amide bonds. The van der Waals surface area contributed by atoms with Gasteiger partial charge in [-0.15, -0.1) is 0 Å². The summed E-state index contributed by atoms with van der Waals surface area (Å²) in [6, 6.07) is 7.48. The van der Waals surface area contributed by atoms with E-state index in [1.807, 2.05) is 24.3 Å². The van der Waals surface area contributed by atoms with E-state index in [4.69, 9.17) is 4.74 Å². The summed E-state index contributed by atoms with van der Waals surface area (Å²) in [4.78, 5) is 36.1. The number of nitrogens with zero attached hydrogens (tertiary/aromatic N) is 4. The summed E-state index contributed by atoms with van der Waals surface area (Å²) < 4.78 is 7.01. The van der Waals surface area contributed by atoms with Crippen LogP contribution in [0.3, 0.4) is 0 Å². The topological polar surface area (TPSA) is 89.3 Å². The van der Waals surface area contributed by atoms with Gasteiger partial charge in [0.05, 0.1) is 7.11 Å². The Bertz CT molecular complexity index is 1070. The van der Waals surface area contributed by atoms with Crippen LogP contribution in [0.4, 0.5) is 5.13 Å². The molecule has 0 bridgehead atoms. The van der Waals surface area contributed by atoms with Crippen molar-refractivity contribution < 1.29 is 9.53 Å². The molecule has 0 atom stereocenters. The van der Waals surface area contributed by atoms with Gasteiger partial charge in [0.15, 0.2) is 10.8 Å². The predicted octanol–water partition coefficient (Wildman–Crippen LogP) is 2.17. The summed E-state index contributed by atoms with van der Waals surface area (Å²) in [6.45, 7) is 2.20. The van der Waals surface area contributed by atoms with Crippen molar-refractivity contribution in [2.24, 2.45) is 0 Å². The fraction of sp³-hybridized carbons (Fsp3) is 0.400. The molecule has 3 aromatic rings. The third kappa shape index (κ3) is 4.40. The number of amides is 1. The normalized spacial score (nSPS) is 14.2. The molecule has 0 unspecified atom stereocenters. The number of carbonyl (C=O) groups is 1. The van der Waals surface area contributed by atoms with E-state index in [1.54, 1.807) is 7.11 Å². The Kier molecular flexibility index (Phi) is 5.75. The van der Waals surface area contributed by atoms with Gasteiger partial charge in [-0.3, -0.25) is 14.2 Å². The molecule has 2 aromatic heterocycles. The molecule has 8 nitrogen and oxygen atoms in total. The Balaban J connectivity index is 1.45. The fourth-order valence-electron chi connectivity index (χ4n) is 3.36. The zero-order valence-electron chi connectivity index (χ0n) is 16.3. The van der Waals surface area contributed by atoms with E-state index in [9.17, 15) is 9.59 Å². The maximum absolute atomic E-state index is 12.8. The second-order valence-corrected chi connectivity index (χ2v) is 7.98. The molecular weight excluding hydrogens is 390 g/mol. The number of methoxy groups -OCH3 is 1. The molecule has 0 radical (unpaired) electrons. The summed E-state index contributed by atoms with van der Waals surface area (Å²) in [7, 11) is 1.60. The highest BCUT2D eigenvalue weighted by atomic mass is 32.1. The van der Waals surface area contributed by atoms with Crippen LogP contribution in [0.2, 0.25) is 0 Å². The zero-order chi connectivity index (χ0) is 20.2. The van der Waals surface area contributed by atoms with E-state index in [-0.39, 0.29) is 18.0 Å². The molecule has 4 rings (SSSR count). The molecule has 1 aromatic carbocycles. The number of anilines is 1. The molecule has 1 N–H and O–H groups in total. The SMILES string of the molecule is COc1cccc(CNC(=O)Cn2cnc3nc(N4CCCCC4)sc3c2=O)c1. The van der Waals surface area contributed by atoms with Gasteiger partial charge in [-0.2, -0.15) is 4.98 Å². The second kappa shape index (κ2) is 8.60. The average Bonchev–Trinajstić information content (AvgIpc) is 3.20. The number of ether oxygens (including phenoxy) is 1. The second-order valence-electron chi connectivity index (χ2n) is 7.00. The molecule has 152 valence electrons. The predicted molar refractivity (Wildman–Crippen MR) is 113 cm³/mol. The lowest BCUT2D eigenvalue weighted by atomic mass is 10.1. The minimum absolute atomic E-state index is 0.0807. The zero-order valence-corrected chi connectivity index (χ0v) is 17.1. The van der Waals surface area contributed by atoms with Crippen molar-refractivity contribution in [1.29, 1.82) is 0 Å². The molecule has 1 saturated heterocycles. The Labute approximate surface area is 172 Å². The number of benzene rings is 1. The Morgan fingerprint density at radius 1 is 1.28 bits per heavy atom. The summed E-state index contributed by atoms with van der Waals surface area (Å²) in [5.74, 6) is 0.481. The smallest absolute Gasteiger partial charge is 0.273 e. The van der Waals surface area contributed by atoms with Crippen LogP contribution in [-0.2, 0) is 17.9 Å². The van der Waals surface area contributed by atoms with E-state index >= 15 is 0 Å². The number of nitrogens with one attached hydrogen (secondary N) is 1. The number of hydrogen-bond acceptors (Lipinski definition) is 7. The third-order valence-electron chi connectivity index (χ3n) is 4.94. The highest BCUT2D eigenvalue weighted by molar-refractivity contribution is 7.22. The summed E-state index contributed by atoms with van der Waals surface area (Å²) >= 11 is 1.36. The maximum Gasteiger partial charge on any atom is 0.273 e. The first-order valence-corrected chi connectivity index (χ1v) is 10.5. The fourth-order valence-corrected chi connectivity index (χ4v) is 4.38. The molecule has 0 saturated carbocycles. The van der Waals surface area contributed by atoms with Gasteiger partial charge < -0.3 is 15.0 Å². The van der Waals surface area contributed by atoms with Crippen LogP contribution >= 0.6 is 11.3 Å². The molecule has 1 aliphatic heterocycles. The van der Waals surface area contributed by atoms with E-state index in [0.717, 1.165) is 42.4 Å². The first-order chi connectivity index (χ1) is 14.1. The maximum atomic E-state index is 12.8. The van der Waals surface area contributed by atoms with Gasteiger partial charge in [0.25, 0.3) is 5.56 Å². The lowest BCUT2D eigenvalue weighted by molar-refractivity contribution is -0.121. The van der Waals surface area contributed by atoms with E-state index < -0.39 is 0 Å². The van der Waals surface area contributed by atoms with Gasteiger partial charge in [-0.05, 0) is 37.0 Å². The van der Waals surface area contributed by atoms with Crippen molar-refractivity contribution in [1.82, 2.24) is 19.9 Å². The Hall–Kier alpha value is -2.94. The van der Waals surface area contributed by atoms with Crippen LogP contribution in [0.1, 0.15) is 24.8 Å². The minimum atomic E-state index is -0.253. The number of fused-ring (bicyclic) bond motifs is 1. The number of hydrogen-bond donors (Lipinski definition) is 1. The Morgan fingerprint density at radius 3 is 2.90 bits per heavy atom. The van der Waals surface area contributed by atoms with Gasteiger partial charge in [0, 0.05) is 19.6 Å². The summed E-state index contributed by atoms with van der Waals surface area (Å²) in [6.07, 6.45) is 4.91. The van der Waals surface area contributed by atoms with Crippen molar-refractivity contribution in [3.05, 3.63) is 46.5 Å². The first-order valence-electron chi connectivity index (χ1n) is 9.64. The molecule has 0 spiro atoms. The lowest BCUT2D eigenvalue weighted by Gasteiger charge is -2.25. The van der Waals surface area contributed by atoms with Crippen molar-refractivity contribution >= 4 is 32.7 Å². The number of thiazole rings is 1. The van der Waals surface area contributed by atoms with Crippen LogP contribution in [0.5, 0.6) is 5.75 Å². The summed E-state index contributed by atoms with van der Waals surface area (Å²) in [5.41, 5.74) is 1.15. The van der Waals surface area contributed by atoms with Crippen molar-refractivity contribution in [2.75, 3.05) is 25.1 Å². The molecule has 29 heavy (non-hydrogen) atoms. The standard InChI is InChI=1S/C20H23N5O3S/c1-28-15-7-5-6-14(10-15)11-21-16(26)12-25-13-22-18-17(19(25)27)29-20(23-18)24-8-3-2-4-9-24/h5-7,10,13H,2-4,8-9,11-12H2,1H3,(H,21,26). The van der Waals surface area contributed by atoms with Crippen LogP contribution in [0, 0.1) is 0 Å². The van der Waals surface area contributed by atoms with Crippen LogP contribution in [0.25, 0.3) is 10.3 Å². The van der Waals surface area contributed by atoms with Crippen molar-refractivity contribution in [3.8, 4) is 5.75 Å². The third-order valence-corrected chi connectivity index (χ3v) is 6.03. The first kappa shape index (κ1) is 19.4. The minimum Gasteiger partial charge on any atom is -0.497 e. The van der Waals surface area contributed by atoms with E-state index in [2.05, 4.69) is 20.2 Å². The largest absolute Gasteiger partial charge is 0.497 e. The van der Waals surface area contributed by atoms with Crippen molar-refractivity contribution in [2.45, 2.75) is 32.4 Å². The number of aromatic nitrogens is 3. The number of rotatable bonds is 6. The molecule has 1 aliphatic rings. The molecule has 1 fully saturated rings. The van der Waals surface area contributed by atoms with Gasteiger partial charge in [0.1, 0.15) is 23.3 Å². The van der Waals surface area contributed by atoms with Gasteiger partial charge in [-0.25, -0.2) is 4.98 Å². The lowest BCUT2D eigenvalue weighted by Crippen LogP contribution is -2.31. The molecule has 9 heteroatoms. The van der Waals surface area contributed by atoms with E-state index in [1.165, 1.54) is 28.7 Å². The molecule has 3 heterocycles. The van der Waals surface area contributed by atoms with Gasteiger partial charge in [-0.1, -0.05) is 23.5 Å². The Morgan fingerprint density at radius 2 is 2.10 bits per heavy atom. The van der Waals surface area contributed by atoms with Gasteiger partial charge in [0.2, 0.25) is 5.91 Å². The van der Waals surface area contributed by atoms with Crippen LogP contribution in [-0.4, -0.2) is 40.6 Å². The highest BCUT2D eigenvalue weighted by Gasteiger charge is 2.18. The van der Waals surface area contributed by atoms with Crippen LogP contribution in [0.15, 0.2) is 35.4 Å².